The minimum Gasteiger partial charge on any atom is -0.496 e. The van der Waals surface area contributed by atoms with Gasteiger partial charge in [-0.05, 0) is 32.0 Å². The molecule has 150 valence electrons. The number of rotatable bonds is 7. The van der Waals surface area contributed by atoms with Gasteiger partial charge in [-0.25, -0.2) is 0 Å². The van der Waals surface area contributed by atoms with E-state index in [9.17, 15) is 4.79 Å². The van der Waals surface area contributed by atoms with Gasteiger partial charge in [0.1, 0.15) is 5.75 Å². The van der Waals surface area contributed by atoms with Crippen LogP contribution in [-0.2, 0) is 22.6 Å². The molecule has 29 heavy (non-hydrogen) atoms. The van der Waals surface area contributed by atoms with Crippen LogP contribution >= 0.6 is 0 Å². The largest absolute Gasteiger partial charge is 0.496 e. The van der Waals surface area contributed by atoms with Crippen LogP contribution in [0, 0.1) is 13.8 Å². The van der Waals surface area contributed by atoms with Crippen molar-refractivity contribution in [1.82, 2.24) is 15.0 Å². The number of hydrogen-bond acceptors (Lipinski definition) is 8. The topological polar surface area (TPSA) is 112 Å². The molecule has 3 aromatic rings. The molecule has 3 rings (SSSR count). The highest BCUT2D eigenvalue weighted by Crippen LogP contribution is 2.21. The Labute approximate surface area is 169 Å². The highest BCUT2D eigenvalue weighted by Gasteiger charge is 2.12. The van der Waals surface area contributed by atoms with Crippen LogP contribution in [0.3, 0.4) is 0 Å². The molecular weight excluding hydrogens is 370 g/mol. The lowest BCUT2D eigenvalue weighted by atomic mass is 10.1. The van der Waals surface area contributed by atoms with Gasteiger partial charge in [0.05, 0.1) is 13.5 Å². The number of nitrogen functional groups attached to an aromatic ring is 1. The van der Waals surface area contributed by atoms with E-state index in [4.69, 9.17) is 15.2 Å². The Bertz CT molecular complexity index is 1010. The fourth-order valence-corrected chi connectivity index (χ4v) is 2.72. The molecule has 1 aromatic heterocycles. The number of carbonyl (C=O) groups is 1. The van der Waals surface area contributed by atoms with Crippen molar-refractivity contribution in [3.05, 3.63) is 65.0 Å². The first kappa shape index (κ1) is 20.1. The van der Waals surface area contributed by atoms with E-state index >= 15 is 0 Å². The SMILES string of the molecule is COc1ccc(C)cc1CC(=O)OCc1nc(N)nc(Nc2ccc(C)cc2)n1. The van der Waals surface area contributed by atoms with Gasteiger partial charge in [0.2, 0.25) is 11.9 Å². The number of aryl methyl sites for hydroxylation is 2. The Kier molecular flexibility index (Phi) is 6.23. The van der Waals surface area contributed by atoms with Crippen LogP contribution in [0.4, 0.5) is 17.6 Å². The van der Waals surface area contributed by atoms with E-state index in [0.717, 1.165) is 22.4 Å². The van der Waals surface area contributed by atoms with Crippen LogP contribution in [-0.4, -0.2) is 28.0 Å². The van der Waals surface area contributed by atoms with E-state index in [0.29, 0.717) is 5.75 Å². The molecule has 0 fully saturated rings. The molecule has 0 aliphatic heterocycles. The van der Waals surface area contributed by atoms with Gasteiger partial charge < -0.3 is 20.5 Å². The van der Waals surface area contributed by atoms with Crippen LogP contribution in [0.15, 0.2) is 42.5 Å². The lowest BCUT2D eigenvalue weighted by molar-refractivity contribution is -0.144. The molecule has 8 heteroatoms. The Balaban J connectivity index is 1.64. The third-order valence-corrected chi connectivity index (χ3v) is 4.14. The van der Waals surface area contributed by atoms with Crippen molar-refractivity contribution in [1.29, 1.82) is 0 Å². The number of nitrogens with zero attached hydrogens (tertiary/aromatic N) is 3. The van der Waals surface area contributed by atoms with Crippen LogP contribution in [0.1, 0.15) is 22.5 Å². The van der Waals surface area contributed by atoms with Gasteiger partial charge in [-0.15, -0.1) is 0 Å². The maximum absolute atomic E-state index is 12.3. The van der Waals surface area contributed by atoms with Crippen LogP contribution in [0.5, 0.6) is 5.75 Å². The third-order valence-electron chi connectivity index (χ3n) is 4.14. The number of anilines is 3. The number of hydrogen-bond donors (Lipinski definition) is 2. The fraction of sp³-hybridized carbons (Fsp3) is 0.238. The van der Waals surface area contributed by atoms with Crippen LogP contribution in [0.25, 0.3) is 0 Å². The summed E-state index contributed by atoms with van der Waals surface area (Å²) in [7, 11) is 1.57. The smallest absolute Gasteiger partial charge is 0.310 e. The van der Waals surface area contributed by atoms with Crippen molar-refractivity contribution in [2.24, 2.45) is 0 Å². The Morgan fingerprint density at radius 1 is 1.03 bits per heavy atom. The molecule has 1 heterocycles. The molecule has 0 amide bonds. The number of esters is 1. The highest BCUT2D eigenvalue weighted by molar-refractivity contribution is 5.73. The Hall–Kier alpha value is -3.68. The molecule has 0 aliphatic rings. The first-order chi connectivity index (χ1) is 13.9. The average molecular weight is 393 g/mol. The van der Waals surface area contributed by atoms with E-state index in [1.165, 1.54) is 0 Å². The second kappa shape index (κ2) is 9.01. The van der Waals surface area contributed by atoms with Gasteiger partial charge in [-0.3, -0.25) is 4.79 Å². The van der Waals surface area contributed by atoms with Crippen molar-refractivity contribution in [2.75, 3.05) is 18.2 Å². The van der Waals surface area contributed by atoms with Crippen LogP contribution < -0.4 is 15.8 Å². The first-order valence-corrected chi connectivity index (χ1v) is 9.06. The van der Waals surface area contributed by atoms with Gasteiger partial charge >= 0.3 is 5.97 Å². The molecule has 0 bridgehead atoms. The van der Waals surface area contributed by atoms with Crippen LogP contribution in [0.2, 0.25) is 0 Å². The van der Waals surface area contributed by atoms with E-state index in [2.05, 4.69) is 20.3 Å². The van der Waals surface area contributed by atoms with Gasteiger partial charge in [-0.2, -0.15) is 15.0 Å². The summed E-state index contributed by atoms with van der Waals surface area (Å²) in [6.45, 7) is 3.84. The molecule has 2 aromatic carbocycles. The summed E-state index contributed by atoms with van der Waals surface area (Å²) in [4.78, 5) is 24.6. The standard InChI is InChI=1S/C21H23N5O3/c1-13-4-7-16(8-5-13)23-21-25-18(24-20(22)26-21)12-29-19(27)11-15-10-14(2)6-9-17(15)28-3/h4-10H,11-12H2,1-3H3,(H3,22,23,24,25,26). The van der Waals surface area contributed by atoms with Gasteiger partial charge in [0, 0.05) is 11.3 Å². The number of ether oxygens (including phenoxy) is 2. The van der Waals surface area contributed by atoms with Crippen molar-refractivity contribution < 1.29 is 14.3 Å². The van der Waals surface area contributed by atoms with Gasteiger partial charge in [-0.1, -0.05) is 35.4 Å². The molecule has 0 saturated carbocycles. The summed E-state index contributed by atoms with van der Waals surface area (Å²) in [6, 6.07) is 13.4. The summed E-state index contributed by atoms with van der Waals surface area (Å²) in [5.74, 6) is 0.813. The summed E-state index contributed by atoms with van der Waals surface area (Å²) in [5, 5.41) is 3.06. The summed E-state index contributed by atoms with van der Waals surface area (Å²) < 4.78 is 10.6. The van der Waals surface area contributed by atoms with Crippen molar-refractivity contribution in [2.45, 2.75) is 26.9 Å². The monoisotopic (exact) mass is 393 g/mol. The van der Waals surface area contributed by atoms with E-state index in [1.54, 1.807) is 7.11 Å². The molecular formula is C21H23N5O3. The van der Waals surface area contributed by atoms with Gasteiger partial charge in [0.25, 0.3) is 0 Å². The number of nitrogens with one attached hydrogen (secondary N) is 1. The predicted octanol–water partition coefficient (Wildman–Crippen LogP) is 3.11. The third kappa shape index (κ3) is 5.65. The molecule has 0 spiro atoms. The lowest BCUT2D eigenvalue weighted by Crippen LogP contribution is -2.13. The van der Waals surface area contributed by atoms with E-state index in [-0.39, 0.29) is 30.7 Å². The van der Waals surface area contributed by atoms with Crippen molar-refractivity contribution >= 4 is 23.6 Å². The number of nitrogens with two attached hydrogens (primary N) is 1. The molecule has 3 N–H and O–H groups in total. The first-order valence-electron chi connectivity index (χ1n) is 9.06. The Morgan fingerprint density at radius 2 is 1.76 bits per heavy atom. The molecule has 0 radical (unpaired) electrons. The minimum atomic E-state index is -0.416. The molecule has 0 aliphatic carbocycles. The average Bonchev–Trinajstić information content (AvgIpc) is 2.68. The normalized spacial score (nSPS) is 10.4. The maximum atomic E-state index is 12.3. The number of benzene rings is 2. The number of carbonyl (C=O) groups excluding carboxylic acids is 1. The molecule has 0 unspecified atom stereocenters. The molecule has 0 saturated heterocycles. The zero-order chi connectivity index (χ0) is 20.8. The van der Waals surface area contributed by atoms with Crippen molar-refractivity contribution in [3.63, 3.8) is 0 Å². The number of methoxy groups -OCH3 is 1. The van der Waals surface area contributed by atoms with E-state index in [1.807, 2.05) is 56.3 Å². The summed E-state index contributed by atoms with van der Waals surface area (Å²) >= 11 is 0. The minimum absolute atomic E-state index is 0.0426. The Morgan fingerprint density at radius 3 is 2.48 bits per heavy atom. The number of aromatic nitrogens is 3. The summed E-state index contributed by atoms with van der Waals surface area (Å²) in [6.07, 6.45) is 0.0832. The highest BCUT2D eigenvalue weighted by atomic mass is 16.5. The van der Waals surface area contributed by atoms with E-state index < -0.39 is 5.97 Å². The second-order valence-corrected chi connectivity index (χ2v) is 6.58. The maximum Gasteiger partial charge on any atom is 0.310 e. The lowest BCUT2D eigenvalue weighted by Gasteiger charge is -2.10. The zero-order valence-electron chi connectivity index (χ0n) is 16.6. The quantitative estimate of drug-likeness (QED) is 0.589. The fourth-order valence-electron chi connectivity index (χ4n) is 2.72. The predicted molar refractivity (Wildman–Crippen MR) is 110 cm³/mol. The second-order valence-electron chi connectivity index (χ2n) is 6.58. The van der Waals surface area contributed by atoms with Crippen molar-refractivity contribution in [3.8, 4) is 5.75 Å². The molecule has 0 atom stereocenters. The zero-order valence-corrected chi connectivity index (χ0v) is 16.6. The molecule has 8 nitrogen and oxygen atoms in total. The van der Waals surface area contributed by atoms with Gasteiger partial charge in [0.15, 0.2) is 12.4 Å². The summed E-state index contributed by atoms with van der Waals surface area (Å²) in [5.41, 5.74) is 9.51.